The van der Waals surface area contributed by atoms with E-state index >= 15 is 0 Å². The van der Waals surface area contributed by atoms with Gasteiger partial charge in [0.1, 0.15) is 6.54 Å². The summed E-state index contributed by atoms with van der Waals surface area (Å²) < 4.78 is 10.8. The Morgan fingerprint density at radius 2 is 1.72 bits per heavy atom. The Hall–Kier alpha value is -3.52. The standard InChI is InChI=1S/C28H35N3O4S/c1-5-15-31(28(33)29-24-11-7-6-9-21(24)2)20-27(32)30(19-23-10-8-17-36-23)16-14-22-12-13-25(34-3)26(18-22)35-4/h6-13,17-18H,5,14-16,19-20H2,1-4H3,(H,29,33). The number of rotatable bonds is 12. The monoisotopic (exact) mass is 509 g/mol. The second-order valence-electron chi connectivity index (χ2n) is 8.50. The lowest BCUT2D eigenvalue weighted by atomic mass is 10.1. The number of nitrogens with one attached hydrogen (secondary N) is 1. The van der Waals surface area contributed by atoms with E-state index in [0.717, 1.165) is 28.1 Å². The van der Waals surface area contributed by atoms with Gasteiger partial charge < -0.3 is 24.6 Å². The molecule has 192 valence electrons. The SMILES string of the molecule is CCCN(CC(=O)N(CCc1ccc(OC)c(OC)c1)Cc1cccs1)C(=O)Nc1ccccc1C. The van der Waals surface area contributed by atoms with Crippen LogP contribution in [0.1, 0.15) is 29.3 Å². The average Bonchev–Trinajstić information content (AvgIpc) is 3.40. The second-order valence-corrected chi connectivity index (χ2v) is 9.53. The zero-order valence-corrected chi connectivity index (χ0v) is 22.3. The van der Waals surface area contributed by atoms with Crippen molar-refractivity contribution in [3.8, 4) is 11.5 Å². The molecule has 8 heteroatoms. The molecule has 0 radical (unpaired) electrons. The van der Waals surface area contributed by atoms with Crippen molar-refractivity contribution in [3.05, 3.63) is 76.0 Å². The van der Waals surface area contributed by atoms with Crippen molar-refractivity contribution < 1.29 is 19.1 Å². The maximum absolute atomic E-state index is 13.5. The summed E-state index contributed by atoms with van der Waals surface area (Å²) in [4.78, 5) is 31.1. The number of carbonyl (C=O) groups is 2. The van der Waals surface area contributed by atoms with Gasteiger partial charge in [-0.3, -0.25) is 4.79 Å². The Morgan fingerprint density at radius 3 is 2.39 bits per heavy atom. The number of aryl methyl sites for hydroxylation is 1. The third-order valence-corrected chi connectivity index (χ3v) is 6.75. The van der Waals surface area contributed by atoms with Gasteiger partial charge in [-0.1, -0.05) is 37.3 Å². The van der Waals surface area contributed by atoms with Crippen molar-refractivity contribution in [2.45, 2.75) is 33.2 Å². The highest BCUT2D eigenvalue weighted by atomic mass is 32.1. The number of carbonyl (C=O) groups excluding carboxylic acids is 2. The summed E-state index contributed by atoms with van der Waals surface area (Å²) in [6.07, 6.45) is 1.41. The Kier molecular flexibility index (Phi) is 10.2. The number of hydrogen-bond acceptors (Lipinski definition) is 5. The molecule has 3 rings (SSSR count). The molecule has 0 aliphatic carbocycles. The molecule has 2 aromatic carbocycles. The summed E-state index contributed by atoms with van der Waals surface area (Å²) in [6, 6.07) is 17.2. The number of urea groups is 1. The first kappa shape index (κ1) is 27.1. The quantitative estimate of drug-likeness (QED) is 0.346. The van der Waals surface area contributed by atoms with Gasteiger partial charge in [0, 0.05) is 23.7 Å². The lowest BCUT2D eigenvalue weighted by molar-refractivity contribution is -0.132. The summed E-state index contributed by atoms with van der Waals surface area (Å²) >= 11 is 1.62. The predicted molar refractivity (Wildman–Crippen MR) is 145 cm³/mol. The highest BCUT2D eigenvalue weighted by Gasteiger charge is 2.22. The van der Waals surface area contributed by atoms with Gasteiger partial charge in [0.05, 0.1) is 20.8 Å². The van der Waals surface area contributed by atoms with Crippen LogP contribution in [0, 0.1) is 6.92 Å². The minimum Gasteiger partial charge on any atom is -0.493 e. The molecule has 0 aliphatic heterocycles. The molecule has 36 heavy (non-hydrogen) atoms. The van der Waals surface area contributed by atoms with Gasteiger partial charge in [-0.15, -0.1) is 11.3 Å². The van der Waals surface area contributed by atoms with Gasteiger partial charge in [0.15, 0.2) is 11.5 Å². The van der Waals surface area contributed by atoms with Crippen LogP contribution in [0.25, 0.3) is 0 Å². The highest BCUT2D eigenvalue weighted by molar-refractivity contribution is 7.09. The van der Waals surface area contributed by atoms with E-state index in [0.29, 0.717) is 37.6 Å². The van der Waals surface area contributed by atoms with Crippen LogP contribution in [0.15, 0.2) is 60.0 Å². The van der Waals surface area contributed by atoms with E-state index in [1.165, 1.54) is 0 Å². The largest absolute Gasteiger partial charge is 0.493 e. The number of benzene rings is 2. The second kappa shape index (κ2) is 13.5. The van der Waals surface area contributed by atoms with Crippen LogP contribution in [0.4, 0.5) is 10.5 Å². The number of hydrogen-bond donors (Lipinski definition) is 1. The molecule has 0 unspecified atom stereocenters. The van der Waals surface area contributed by atoms with E-state index in [-0.39, 0.29) is 18.5 Å². The van der Waals surface area contributed by atoms with Crippen LogP contribution in [0.5, 0.6) is 11.5 Å². The molecule has 1 aromatic heterocycles. The summed E-state index contributed by atoms with van der Waals surface area (Å²) in [6.45, 7) is 5.48. The van der Waals surface area contributed by atoms with Crippen molar-refractivity contribution in [1.29, 1.82) is 0 Å². The summed E-state index contributed by atoms with van der Waals surface area (Å²) in [7, 11) is 3.22. The van der Waals surface area contributed by atoms with Crippen molar-refractivity contribution >= 4 is 29.0 Å². The van der Waals surface area contributed by atoms with Crippen LogP contribution >= 0.6 is 11.3 Å². The molecule has 3 aromatic rings. The molecular formula is C28H35N3O4S. The number of amides is 3. The van der Waals surface area contributed by atoms with Gasteiger partial charge >= 0.3 is 6.03 Å². The lowest BCUT2D eigenvalue weighted by Gasteiger charge is -2.28. The molecule has 1 heterocycles. The summed E-state index contributed by atoms with van der Waals surface area (Å²) in [5.74, 6) is 1.24. The fourth-order valence-electron chi connectivity index (χ4n) is 3.88. The van der Waals surface area contributed by atoms with Crippen LogP contribution < -0.4 is 14.8 Å². The first-order chi connectivity index (χ1) is 17.4. The van der Waals surface area contributed by atoms with E-state index in [4.69, 9.17) is 9.47 Å². The van der Waals surface area contributed by atoms with Gasteiger partial charge in [0.2, 0.25) is 5.91 Å². The Morgan fingerprint density at radius 1 is 0.944 bits per heavy atom. The first-order valence-electron chi connectivity index (χ1n) is 12.1. The van der Waals surface area contributed by atoms with Gasteiger partial charge in [-0.05, 0) is 60.5 Å². The van der Waals surface area contributed by atoms with Crippen LogP contribution in [0.2, 0.25) is 0 Å². The smallest absolute Gasteiger partial charge is 0.322 e. The predicted octanol–water partition coefficient (Wildman–Crippen LogP) is 5.59. The lowest BCUT2D eigenvalue weighted by Crippen LogP contribution is -2.45. The number of para-hydroxylation sites is 1. The van der Waals surface area contributed by atoms with Crippen LogP contribution in [-0.4, -0.2) is 55.6 Å². The molecule has 0 saturated carbocycles. The van der Waals surface area contributed by atoms with E-state index in [2.05, 4.69) is 5.32 Å². The Bertz CT molecular complexity index is 1130. The number of thiophene rings is 1. The molecule has 3 amide bonds. The fraction of sp³-hybridized carbons (Fsp3) is 0.357. The van der Waals surface area contributed by atoms with Crippen molar-refractivity contribution in [2.75, 3.05) is 39.2 Å². The molecular weight excluding hydrogens is 474 g/mol. The third kappa shape index (κ3) is 7.49. The molecule has 0 aliphatic rings. The number of methoxy groups -OCH3 is 2. The number of ether oxygens (including phenoxy) is 2. The van der Waals surface area contributed by atoms with E-state index < -0.39 is 0 Å². The minimum atomic E-state index is -0.268. The van der Waals surface area contributed by atoms with Gasteiger partial charge in [-0.2, -0.15) is 0 Å². The third-order valence-electron chi connectivity index (χ3n) is 5.89. The van der Waals surface area contributed by atoms with Gasteiger partial charge in [-0.25, -0.2) is 4.79 Å². The molecule has 1 N–H and O–H groups in total. The van der Waals surface area contributed by atoms with Crippen LogP contribution in [-0.2, 0) is 17.8 Å². The molecule has 0 fully saturated rings. The van der Waals surface area contributed by atoms with Crippen molar-refractivity contribution in [1.82, 2.24) is 9.80 Å². The zero-order chi connectivity index (χ0) is 25.9. The van der Waals surface area contributed by atoms with Crippen LogP contribution in [0.3, 0.4) is 0 Å². The van der Waals surface area contributed by atoms with Gasteiger partial charge in [0.25, 0.3) is 0 Å². The molecule has 0 atom stereocenters. The normalized spacial score (nSPS) is 10.6. The van der Waals surface area contributed by atoms with E-state index in [9.17, 15) is 9.59 Å². The average molecular weight is 510 g/mol. The highest BCUT2D eigenvalue weighted by Crippen LogP contribution is 2.28. The van der Waals surface area contributed by atoms with Crippen molar-refractivity contribution in [2.24, 2.45) is 0 Å². The summed E-state index contributed by atoms with van der Waals surface area (Å²) in [5.41, 5.74) is 2.77. The van der Waals surface area contributed by atoms with E-state index in [1.54, 1.807) is 30.5 Å². The Labute approximate surface area is 217 Å². The molecule has 0 saturated heterocycles. The molecule has 7 nitrogen and oxygen atoms in total. The maximum atomic E-state index is 13.5. The summed E-state index contributed by atoms with van der Waals surface area (Å²) in [5, 5.41) is 4.96. The fourth-order valence-corrected chi connectivity index (χ4v) is 4.60. The first-order valence-corrected chi connectivity index (χ1v) is 13.0. The topological polar surface area (TPSA) is 71.1 Å². The molecule has 0 bridgehead atoms. The minimum absolute atomic E-state index is 0.0167. The van der Waals surface area contributed by atoms with E-state index in [1.807, 2.05) is 78.7 Å². The molecule has 0 spiro atoms. The zero-order valence-electron chi connectivity index (χ0n) is 21.5. The Balaban J connectivity index is 1.72. The van der Waals surface area contributed by atoms with Crippen molar-refractivity contribution in [3.63, 3.8) is 0 Å². The maximum Gasteiger partial charge on any atom is 0.322 e. The number of anilines is 1. The number of nitrogens with zero attached hydrogens (tertiary/aromatic N) is 2.